The number of β-amino-alcohol motifs (C(OH)–C–C–N with tert-alkyl or cyclic N) is 1. The van der Waals surface area contributed by atoms with Gasteiger partial charge in [0.2, 0.25) is 17.7 Å². The third kappa shape index (κ3) is 11.5. The van der Waals surface area contributed by atoms with Crippen molar-refractivity contribution < 1.29 is 29.0 Å². The molecule has 3 N–H and O–H groups in total. The van der Waals surface area contributed by atoms with Gasteiger partial charge in [-0.15, -0.1) is 11.3 Å². The number of hydrogen-bond acceptors (Lipinski definition) is 8. The van der Waals surface area contributed by atoms with Crippen LogP contribution in [0.25, 0.3) is 10.4 Å². The van der Waals surface area contributed by atoms with Gasteiger partial charge in [-0.25, -0.2) is 4.98 Å². The maximum atomic E-state index is 13.8. The van der Waals surface area contributed by atoms with Gasteiger partial charge in [0.25, 0.3) is 0 Å². The van der Waals surface area contributed by atoms with Gasteiger partial charge < -0.3 is 25.4 Å². The largest absolute Gasteiger partial charge is 0.466 e. The highest BCUT2D eigenvalue weighted by Crippen LogP contribution is 2.28. The fraction of sp³-hybridized carbons (Fsp3) is 0.629. The van der Waals surface area contributed by atoms with E-state index in [1.807, 2.05) is 64.4 Å². The van der Waals surface area contributed by atoms with Crippen LogP contribution in [0, 0.1) is 12.3 Å². The number of nitrogens with one attached hydrogen (secondary N) is 2. The van der Waals surface area contributed by atoms with Crippen molar-refractivity contribution in [2.75, 3.05) is 13.2 Å². The summed E-state index contributed by atoms with van der Waals surface area (Å²) in [4.78, 5) is 58.2. The summed E-state index contributed by atoms with van der Waals surface area (Å²) in [6.07, 6.45) is 6.66. The molecule has 0 aliphatic carbocycles. The average Bonchev–Trinajstić information content (AvgIpc) is 3.62. The minimum Gasteiger partial charge on any atom is -0.466 e. The zero-order chi connectivity index (χ0) is 33.7. The number of aryl methyl sites for hydroxylation is 1. The fourth-order valence-corrected chi connectivity index (χ4v) is 6.50. The SMILES string of the molecule is CCOC(=O)CCCCCCCCCC(=O)N[C@H](C(=O)N1C[C@H](O)C[C@H]1C(=O)NCc1ccc(-c2scnc2C)cc1)C(C)(C)C. The van der Waals surface area contributed by atoms with Crippen LogP contribution in [0.15, 0.2) is 29.8 Å². The highest BCUT2D eigenvalue weighted by Gasteiger charge is 2.44. The van der Waals surface area contributed by atoms with E-state index in [-0.39, 0.29) is 36.7 Å². The summed E-state index contributed by atoms with van der Waals surface area (Å²) in [5, 5.41) is 16.3. The number of thiazole rings is 1. The number of nitrogens with zero attached hydrogens (tertiary/aromatic N) is 2. The van der Waals surface area contributed by atoms with Gasteiger partial charge in [0.05, 0.1) is 28.8 Å². The molecule has 1 saturated heterocycles. The number of hydrogen-bond donors (Lipinski definition) is 3. The third-order valence-electron chi connectivity index (χ3n) is 8.30. The van der Waals surface area contributed by atoms with Crippen LogP contribution >= 0.6 is 11.3 Å². The van der Waals surface area contributed by atoms with Crippen LogP contribution in [0.4, 0.5) is 0 Å². The lowest BCUT2D eigenvalue weighted by Crippen LogP contribution is -2.57. The summed E-state index contributed by atoms with van der Waals surface area (Å²) < 4.78 is 4.95. The standard InChI is InChI=1S/C35H52N4O6S/c1-6-45-30(42)15-13-11-9-7-8-10-12-14-29(41)38-32(35(3,4)5)34(44)39-22-27(40)20-28(39)33(43)36-21-25-16-18-26(19-17-25)31-24(2)37-23-46-31/h16-19,23,27-28,32,40H,6-15,20-22H2,1-5H3,(H,36,43)(H,38,41)/t27-,28+,32-/m1/s1. The first kappa shape index (κ1) is 37.2. The van der Waals surface area contributed by atoms with E-state index in [9.17, 15) is 24.3 Å². The van der Waals surface area contributed by atoms with Crippen molar-refractivity contribution in [1.29, 1.82) is 0 Å². The Bertz CT molecular complexity index is 1290. The van der Waals surface area contributed by atoms with E-state index < -0.39 is 23.6 Å². The maximum absolute atomic E-state index is 13.8. The first-order valence-corrected chi connectivity index (χ1v) is 17.5. The van der Waals surface area contributed by atoms with Crippen molar-refractivity contribution in [3.63, 3.8) is 0 Å². The Labute approximate surface area is 277 Å². The van der Waals surface area contributed by atoms with E-state index in [4.69, 9.17) is 4.74 Å². The number of benzene rings is 1. The second-order valence-corrected chi connectivity index (χ2v) is 14.1. The van der Waals surface area contributed by atoms with Crippen LogP contribution in [-0.2, 0) is 30.5 Å². The van der Waals surface area contributed by atoms with E-state index in [0.717, 1.165) is 66.6 Å². The molecular weight excluding hydrogens is 604 g/mol. The van der Waals surface area contributed by atoms with Crippen LogP contribution in [0.3, 0.4) is 0 Å². The zero-order valence-electron chi connectivity index (χ0n) is 28.1. The number of likely N-dealkylation sites (tertiary alicyclic amines) is 1. The molecule has 254 valence electrons. The first-order valence-electron chi connectivity index (χ1n) is 16.6. The minimum atomic E-state index is -0.831. The summed E-state index contributed by atoms with van der Waals surface area (Å²) in [6.45, 7) is 10.2. The molecule has 0 saturated carbocycles. The zero-order valence-corrected chi connectivity index (χ0v) is 28.9. The van der Waals surface area contributed by atoms with Gasteiger partial charge in [-0.2, -0.15) is 0 Å². The van der Waals surface area contributed by atoms with Gasteiger partial charge in [0.15, 0.2) is 0 Å². The number of esters is 1. The fourth-order valence-electron chi connectivity index (χ4n) is 5.69. The van der Waals surface area contributed by atoms with Crippen LogP contribution in [0.1, 0.15) is 103 Å². The van der Waals surface area contributed by atoms with Crippen molar-refractivity contribution in [1.82, 2.24) is 20.5 Å². The summed E-state index contributed by atoms with van der Waals surface area (Å²) in [5.74, 6) is -1.02. The van der Waals surface area contributed by atoms with Crippen LogP contribution in [0.5, 0.6) is 0 Å². The lowest BCUT2D eigenvalue weighted by molar-refractivity contribution is -0.144. The number of aliphatic hydroxyl groups is 1. The van der Waals surface area contributed by atoms with Gasteiger partial charge >= 0.3 is 5.97 Å². The molecule has 0 unspecified atom stereocenters. The second kappa shape index (κ2) is 18.1. The Hall–Kier alpha value is -3.31. The van der Waals surface area contributed by atoms with Gasteiger partial charge in [-0.05, 0) is 43.2 Å². The molecule has 3 atom stereocenters. The number of aromatic nitrogens is 1. The highest BCUT2D eigenvalue weighted by molar-refractivity contribution is 7.13. The second-order valence-electron chi connectivity index (χ2n) is 13.2. The summed E-state index contributed by atoms with van der Waals surface area (Å²) in [6, 6.07) is 6.28. The monoisotopic (exact) mass is 656 g/mol. The Morgan fingerprint density at radius 2 is 1.65 bits per heavy atom. The number of carbonyl (C=O) groups is 4. The smallest absolute Gasteiger partial charge is 0.305 e. The Balaban J connectivity index is 1.46. The molecule has 1 aromatic heterocycles. The van der Waals surface area contributed by atoms with E-state index in [1.165, 1.54) is 4.90 Å². The molecule has 1 aliphatic heterocycles. The summed E-state index contributed by atoms with van der Waals surface area (Å²) >= 11 is 1.58. The number of unbranched alkanes of at least 4 members (excludes halogenated alkanes) is 6. The van der Waals surface area contributed by atoms with Gasteiger partial charge in [-0.1, -0.05) is 77.1 Å². The molecule has 1 aliphatic rings. The van der Waals surface area contributed by atoms with Crippen LogP contribution in [-0.4, -0.2) is 70.0 Å². The van der Waals surface area contributed by atoms with Gasteiger partial charge in [0, 0.05) is 32.4 Å². The lowest BCUT2D eigenvalue weighted by Gasteiger charge is -2.35. The van der Waals surface area contributed by atoms with E-state index >= 15 is 0 Å². The highest BCUT2D eigenvalue weighted by atomic mass is 32.1. The summed E-state index contributed by atoms with van der Waals surface area (Å²) in [5.41, 5.74) is 4.20. The molecule has 0 bridgehead atoms. The summed E-state index contributed by atoms with van der Waals surface area (Å²) in [7, 11) is 0. The average molecular weight is 657 g/mol. The molecule has 0 radical (unpaired) electrons. The molecule has 3 amide bonds. The molecule has 2 heterocycles. The Morgan fingerprint density at radius 1 is 1.02 bits per heavy atom. The van der Waals surface area contributed by atoms with E-state index in [0.29, 0.717) is 26.0 Å². The van der Waals surface area contributed by atoms with Gasteiger partial charge in [-0.3, -0.25) is 19.2 Å². The number of aliphatic hydroxyl groups excluding tert-OH is 1. The molecule has 10 nitrogen and oxygen atoms in total. The number of ether oxygens (including phenoxy) is 1. The predicted octanol–water partition coefficient (Wildman–Crippen LogP) is 5.30. The molecule has 0 spiro atoms. The van der Waals surface area contributed by atoms with Crippen molar-refractivity contribution in [2.24, 2.45) is 5.41 Å². The quantitative estimate of drug-likeness (QED) is 0.155. The predicted molar refractivity (Wildman–Crippen MR) is 180 cm³/mol. The van der Waals surface area contributed by atoms with Crippen LogP contribution in [0.2, 0.25) is 0 Å². The van der Waals surface area contributed by atoms with Crippen molar-refractivity contribution in [2.45, 2.75) is 124 Å². The normalized spacial score (nSPS) is 17.0. The van der Waals surface area contributed by atoms with Crippen LogP contribution < -0.4 is 10.6 Å². The topological polar surface area (TPSA) is 138 Å². The lowest BCUT2D eigenvalue weighted by atomic mass is 9.85. The van der Waals surface area contributed by atoms with Crippen molar-refractivity contribution >= 4 is 35.0 Å². The molecule has 11 heteroatoms. The molecule has 1 aromatic carbocycles. The maximum Gasteiger partial charge on any atom is 0.305 e. The molecule has 2 aromatic rings. The van der Waals surface area contributed by atoms with Crippen molar-refractivity contribution in [3.8, 4) is 10.4 Å². The van der Waals surface area contributed by atoms with Crippen molar-refractivity contribution in [3.05, 3.63) is 41.0 Å². The number of amides is 3. The molecule has 1 fully saturated rings. The number of carbonyl (C=O) groups excluding carboxylic acids is 4. The van der Waals surface area contributed by atoms with Gasteiger partial charge in [0.1, 0.15) is 12.1 Å². The van der Waals surface area contributed by atoms with E-state index in [2.05, 4.69) is 15.6 Å². The molecule has 46 heavy (non-hydrogen) atoms. The first-order chi connectivity index (χ1) is 21.9. The molecular formula is C35H52N4O6S. The third-order valence-corrected chi connectivity index (χ3v) is 9.28. The Kier molecular flexibility index (Phi) is 14.6. The minimum absolute atomic E-state index is 0.0437. The molecule has 3 rings (SSSR count). The Morgan fingerprint density at radius 3 is 2.24 bits per heavy atom. The van der Waals surface area contributed by atoms with E-state index in [1.54, 1.807) is 11.3 Å². The number of rotatable bonds is 17.